The van der Waals surface area contributed by atoms with E-state index in [1.165, 1.54) is 0 Å². The van der Waals surface area contributed by atoms with Gasteiger partial charge in [0.25, 0.3) is 0 Å². The van der Waals surface area contributed by atoms with Crippen molar-refractivity contribution in [3.63, 3.8) is 0 Å². The third kappa shape index (κ3) is 1.59. The highest BCUT2D eigenvalue weighted by Gasteiger charge is 2.04. The van der Waals surface area contributed by atoms with Crippen molar-refractivity contribution in [1.82, 2.24) is 4.98 Å². The minimum absolute atomic E-state index is 0.0252. The smallest absolute Gasteiger partial charge is 0.307 e. The molecule has 0 aliphatic rings. The summed E-state index contributed by atoms with van der Waals surface area (Å²) in [6, 6.07) is 5.41. The van der Waals surface area contributed by atoms with Crippen LogP contribution in [-0.2, 0) is 11.2 Å². The quantitative estimate of drug-likeness (QED) is 0.798. The summed E-state index contributed by atoms with van der Waals surface area (Å²) in [6.07, 6.45) is 1.72. The summed E-state index contributed by atoms with van der Waals surface area (Å²) in [6.45, 7) is 0. The fourth-order valence-electron chi connectivity index (χ4n) is 1.42. The number of fused-ring (bicyclic) bond motifs is 1. The molecule has 0 aliphatic carbocycles. The molecule has 2 aromatic rings. The van der Waals surface area contributed by atoms with Crippen molar-refractivity contribution >= 4 is 28.5 Å². The topological polar surface area (TPSA) is 53.1 Å². The lowest BCUT2D eigenvalue weighted by Crippen LogP contribution is -1.99. The van der Waals surface area contributed by atoms with Crippen molar-refractivity contribution in [1.29, 1.82) is 0 Å². The standard InChI is InChI=1S/C10H8ClNO2/c11-8-5-12-9-2-1-6(3-7(8)9)4-10(13)14/h1-3,5,12H,4H2,(H,13,14). The van der Waals surface area contributed by atoms with Crippen LogP contribution in [0.4, 0.5) is 0 Å². The van der Waals surface area contributed by atoms with Crippen LogP contribution in [0.2, 0.25) is 5.02 Å². The second kappa shape index (κ2) is 3.35. The average molecular weight is 210 g/mol. The molecule has 0 bridgehead atoms. The van der Waals surface area contributed by atoms with Gasteiger partial charge in [0.05, 0.1) is 11.4 Å². The van der Waals surface area contributed by atoms with Gasteiger partial charge in [-0.25, -0.2) is 0 Å². The first-order valence-electron chi connectivity index (χ1n) is 4.14. The molecule has 1 aromatic carbocycles. The molecule has 1 aromatic heterocycles. The summed E-state index contributed by atoms with van der Waals surface area (Å²) >= 11 is 5.90. The van der Waals surface area contributed by atoms with Crippen molar-refractivity contribution in [2.24, 2.45) is 0 Å². The lowest BCUT2D eigenvalue weighted by atomic mass is 10.1. The van der Waals surface area contributed by atoms with Gasteiger partial charge in [-0.15, -0.1) is 0 Å². The van der Waals surface area contributed by atoms with Crippen LogP contribution in [0.5, 0.6) is 0 Å². The first kappa shape index (κ1) is 9.09. The number of carboxylic acids is 1. The number of carboxylic acid groups (broad SMARTS) is 1. The molecule has 0 unspecified atom stereocenters. The molecule has 0 atom stereocenters. The Balaban J connectivity index is 2.49. The van der Waals surface area contributed by atoms with Crippen LogP contribution in [0.3, 0.4) is 0 Å². The summed E-state index contributed by atoms with van der Waals surface area (Å²) in [5.74, 6) is -0.837. The van der Waals surface area contributed by atoms with Gasteiger partial charge < -0.3 is 10.1 Å². The summed E-state index contributed by atoms with van der Waals surface area (Å²) < 4.78 is 0. The predicted molar refractivity (Wildman–Crippen MR) is 54.6 cm³/mol. The highest BCUT2D eigenvalue weighted by molar-refractivity contribution is 6.35. The van der Waals surface area contributed by atoms with Crippen LogP contribution in [0, 0.1) is 0 Å². The highest BCUT2D eigenvalue weighted by Crippen LogP contribution is 2.23. The van der Waals surface area contributed by atoms with Gasteiger partial charge in [0.1, 0.15) is 0 Å². The summed E-state index contributed by atoms with van der Waals surface area (Å²) in [5, 5.41) is 10.1. The Labute approximate surface area is 85.3 Å². The van der Waals surface area contributed by atoms with Crippen LogP contribution in [0.25, 0.3) is 10.9 Å². The molecular formula is C10H8ClNO2. The fourth-order valence-corrected chi connectivity index (χ4v) is 1.63. The Morgan fingerprint density at radius 1 is 1.50 bits per heavy atom. The van der Waals surface area contributed by atoms with Gasteiger partial charge >= 0.3 is 5.97 Å². The SMILES string of the molecule is O=C(O)Cc1ccc2[nH]cc(Cl)c2c1. The Morgan fingerprint density at radius 2 is 2.29 bits per heavy atom. The van der Waals surface area contributed by atoms with Crippen molar-refractivity contribution in [3.05, 3.63) is 35.0 Å². The monoisotopic (exact) mass is 209 g/mol. The van der Waals surface area contributed by atoms with E-state index < -0.39 is 5.97 Å². The molecule has 2 rings (SSSR count). The van der Waals surface area contributed by atoms with Crippen LogP contribution in [0.15, 0.2) is 24.4 Å². The maximum atomic E-state index is 10.5. The maximum absolute atomic E-state index is 10.5. The van der Waals surface area contributed by atoms with Gasteiger partial charge in [0, 0.05) is 17.1 Å². The molecule has 3 nitrogen and oxygen atoms in total. The zero-order chi connectivity index (χ0) is 10.1. The lowest BCUT2D eigenvalue weighted by molar-refractivity contribution is -0.136. The molecule has 2 N–H and O–H groups in total. The van der Waals surface area contributed by atoms with Gasteiger partial charge in [-0.1, -0.05) is 17.7 Å². The normalized spacial score (nSPS) is 10.6. The van der Waals surface area contributed by atoms with Crippen LogP contribution in [-0.4, -0.2) is 16.1 Å². The Kier molecular flexibility index (Phi) is 2.17. The van der Waals surface area contributed by atoms with Gasteiger partial charge in [0.15, 0.2) is 0 Å². The number of benzene rings is 1. The number of hydrogen-bond donors (Lipinski definition) is 2. The lowest BCUT2D eigenvalue weighted by Gasteiger charge is -1.97. The summed E-state index contributed by atoms with van der Waals surface area (Å²) in [5.41, 5.74) is 1.68. The first-order valence-corrected chi connectivity index (χ1v) is 4.52. The molecule has 0 spiro atoms. The Morgan fingerprint density at radius 3 is 3.00 bits per heavy atom. The van der Waals surface area contributed by atoms with E-state index in [1.54, 1.807) is 18.3 Å². The van der Waals surface area contributed by atoms with E-state index in [9.17, 15) is 4.79 Å². The van der Waals surface area contributed by atoms with Crippen molar-refractivity contribution < 1.29 is 9.90 Å². The minimum Gasteiger partial charge on any atom is -0.481 e. The Bertz CT molecular complexity index is 490. The number of rotatable bonds is 2. The van der Waals surface area contributed by atoms with E-state index in [2.05, 4.69) is 4.98 Å². The zero-order valence-electron chi connectivity index (χ0n) is 7.25. The molecule has 0 fully saturated rings. The molecule has 72 valence electrons. The minimum atomic E-state index is -0.837. The third-order valence-electron chi connectivity index (χ3n) is 2.05. The molecule has 0 saturated carbocycles. The van der Waals surface area contributed by atoms with E-state index >= 15 is 0 Å². The maximum Gasteiger partial charge on any atom is 0.307 e. The van der Waals surface area contributed by atoms with Gasteiger partial charge in [0.2, 0.25) is 0 Å². The third-order valence-corrected chi connectivity index (χ3v) is 2.36. The number of H-pyrrole nitrogens is 1. The molecule has 0 aliphatic heterocycles. The van der Waals surface area contributed by atoms with Crippen LogP contribution >= 0.6 is 11.6 Å². The van der Waals surface area contributed by atoms with E-state index in [4.69, 9.17) is 16.7 Å². The van der Waals surface area contributed by atoms with E-state index in [-0.39, 0.29) is 6.42 Å². The predicted octanol–water partition coefficient (Wildman–Crippen LogP) is 2.45. The first-order chi connectivity index (χ1) is 6.66. The van der Waals surface area contributed by atoms with Crippen molar-refractivity contribution in [2.45, 2.75) is 6.42 Å². The molecular weight excluding hydrogens is 202 g/mol. The number of aromatic amines is 1. The fraction of sp³-hybridized carbons (Fsp3) is 0.100. The number of nitrogens with one attached hydrogen (secondary N) is 1. The largest absolute Gasteiger partial charge is 0.481 e. The number of aliphatic carboxylic acids is 1. The molecule has 1 heterocycles. The number of hydrogen-bond acceptors (Lipinski definition) is 1. The van der Waals surface area contributed by atoms with E-state index in [0.717, 1.165) is 16.5 Å². The number of carbonyl (C=O) groups is 1. The van der Waals surface area contributed by atoms with E-state index in [0.29, 0.717) is 5.02 Å². The highest BCUT2D eigenvalue weighted by atomic mass is 35.5. The molecule has 4 heteroatoms. The van der Waals surface area contributed by atoms with E-state index in [1.807, 2.05) is 6.07 Å². The van der Waals surface area contributed by atoms with Crippen LogP contribution in [0.1, 0.15) is 5.56 Å². The average Bonchev–Trinajstić information content (AvgIpc) is 2.47. The second-order valence-corrected chi connectivity index (χ2v) is 3.49. The van der Waals surface area contributed by atoms with Gasteiger partial charge in [-0.2, -0.15) is 0 Å². The molecule has 0 radical (unpaired) electrons. The number of halogens is 1. The Hall–Kier alpha value is -1.48. The summed E-state index contributed by atoms with van der Waals surface area (Å²) in [7, 11) is 0. The molecule has 0 saturated heterocycles. The van der Waals surface area contributed by atoms with Gasteiger partial charge in [-0.3, -0.25) is 4.79 Å². The molecule has 0 amide bonds. The van der Waals surface area contributed by atoms with Crippen molar-refractivity contribution in [3.8, 4) is 0 Å². The molecule has 14 heavy (non-hydrogen) atoms. The number of aromatic nitrogens is 1. The second-order valence-electron chi connectivity index (χ2n) is 3.09. The summed E-state index contributed by atoms with van der Waals surface area (Å²) in [4.78, 5) is 13.5. The van der Waals surface area contributed by atoms with Gasteiger partial charge in [-0.05, 0) is 17.7 Å². The van der Waals surface area contributed by atoms with Crippen LogP contribution < -0.4 is 0 Å². The zero-order valence-corrected chi connectivity index (χ0v) is 8.01. The van der Waals surface area contributed by atoms with Crippen molar-refractivity contribution in [2.75, 3.05) is 0 Å².